The molecule has 18 heavy (non-hydrogen) atoms. The lowest BCUT2D eigenvalue weighted by molar-refractivity contribution is 0.398. The van der Waals surface area contributed by atoms with E-state index in [4.69, 9.17) is 4.74 Å². The van der Waals surface area contributed by atoms with Crippen molar-refractivity contribution in [2.75, 3.05) is 7.11 Å². The lowest BCUT2D eigenvalue weighted by Crippen LogP contribution is -2.02. The molecule has 2 aromatic rings. The molecular weight excluding hydrogens is 226 g/mol. The summed E-state index contributed by atoms with van der Waals surface area (Å²) in [7, 11) is 1.61. The highest BCUT2D eigenvalue weighted by molar-refractivity contribution is 5.63. The van der Waals surface area contributed by atoms with Crippen LogP contribution in [0.1, 0.15) is 24.0 Å². The summed E-state index contributed by atoms with van der Waals surface area (Å²) >= 11 is 0. The van der Waals surface area contributed by atoms with Crippen molar-refractivity contribution < 1.29 is 4.74 Å². The molecule has 0 fully saturated rings. The number of hydrogen-bond acceptors (Lipinski definition) is 4. The van der Waals surface area contributed by atoms with Gasteiger partial charge >= 0.3 is 0 Å². The summed E-state index contributed by atoms with van der Waals surface area (Å²) in [6.45, 7) is 6.04. The van der Waals surface area contributed by atoms with Gasteiger partial charge in [0.15, 0.2) is 0 Å². The topological polar surface area (TPSA) is 47.9 Å². The number of hydrogen-bond donors (Lipinski definition) is 0. The molecule has 0 unspecified atom stereocenters. The summed E-state index contributed by atoms with van der Waals surface area (Å²) in [5.41, 5.74) is 4.18. The first-order chi connectivity index (χ1) is 8.65. The number of aromatic nitrogens is 3. The van der Waals surface area contributed by atoms with Crippen molar-refractivity contribution in [3.8, 4) is 17.1 Å². The number of aryl methyl sites for hydroxylation is 2. The molecule has 0 N–H and O–H groups in total. The first-order valence-electron chi connectivity index (χ1n) is 6.00. The maximum absolute atomic E-state index is 5.07. The summed E-state index contributed by atoms with van der Waals surface area (Å²) in [5.74, 6) is 1.40. The molecule has 0 aliphatic heterocycles. The van der Waals surface area contributed by atoms with Crippen LogP contribution in [0.5, 0.6) is 5.88 Å². The molecule has 0 bridgehead atoms. The maximum Gasteiger partial charge on any atom is 0.212 e. The second kappa shape index (κ2) is 5.12. The molecule has 0 aromatic carbocycles. The first kappa shape index (κ1) is 12.5. The van der Waals surface area contributed by atoms with Crippen LogP contribution in [0, 0.1) is 13.8 Å². The average molecular weight is 243 g/mol. The van der Waals surface area contributed by atoms with Crippen molar-refractivity contribution in [2.24, 2.45) is 0 Å². The number of methoxy groups -OCH3 is 1. The van der Waals surface area contributed by atoms with Crippen molar-refractivity contribution in [3.05, 3.63) is 35.4 Å². The van der Waals surface area contributed by atoms with Gasteiger partial charge in [0.05, 0.1) is 12.8 Å². The minimum Gasteiger partial charge on any atom is -0.481 e. The standard InChI is InChI=1S/C14H17N3O/c1-5-12-9(2)16-10(3)17-14(12)11-6-7-13(18-4)15-8-11/h6-8H,5H2,1-4H3. The zero-order valence-electron chi connectivity index (χ0n) is 11.2. The Morgan fingerprint density at radius 2 is 1.94 bits per heavy atom. The fourth-order valence-electron chi connectivity index (χ4n) is 2.04. The van der Waals surface area contributed by atoms with Gasteiger partial charge in [0.25, 0.3) is 0 Å². The Bertz CT molecular complexity index is 550. The SMILES string of the molecule is CCc1c(C)nc(C)nc1-c1ccc(OC)nc1. The Balaban J connectivity index is 2.54. The Morgan fingerprint density at radius 1 is 1.17 bits per heavy atom. The monoisotopic (exact) mass is 243 g/mol. The van der Waals surface area contributed by atoms with Gasteiger partial charge in [-0.1, -0.05) is 6.92 Å². The number of pyridine rings is 1. The average Bonchev–Trinajstić information content (AvgIpc) is 2.38. The summed E-state index contributed by atoms with van der Waals surface area (Å²) in [6, 6.07) is 3.83. The minimum atomic E-state index is 0.610. The van der Waals surface area contributed by atoms with Crippen LogP contribution < -0.4 is 4.74 Å². The van der Waals surface area contributed by atoms with Crippen LogP contribution in [0.2, 0.25) is 0 Å². The predicted molar refractivity (Wildman–Crippen MR) is 70.7 cm³/mol. The quantitative estimate of drug-likeness (QED) is 0.831. The molecule has 4 heteroatoms. The van der Waals surface area contributed by atoms with Crippen LogP contribution in [0.3, 0.4) is 0 Å². The highest BCUT2D eigenvalue weighted by Gasteiger charge is 2.11. The second-order valence-electron chi connectivity index (χ2n) is 4.13. The molecule has 0 spiro atoms. The third-order valence-corrected chi connectivity index (χ3v) is 2.90. The highest BCUT2D eigenvalue weighted by Crippen LogP contribution is 2.24. The van der Waals surface area contributed by atoms with Gasteiger partial charge in [0.2, 0.25) is 5.88 Å². The molecule has 0 radical (unpaired) electrons. The molecule has 0 aliphatic rings. The first-order valence-corrected chi connectivity index (χ1v) is 6.00. The van der Waals surface area contributed by atoms with Crippen LogP contribution in [-0.2, 0) is 6.42 Å². The lowest BCUT2D eigenvalue weighted by atomic mass is 10.0. The third kappa shape index (κ3) is 2.32. The highest BCUT2D eigenvalue weighted by atomic mass is 16.5. The van der Waals surface area contributed by atoms with Crippen molar-refractivity contribution in [2.45, 2.75) is 27.2 Å². The largest absolute Gasteiger partial charge is 0.481 e. The molecule has 0 atom stereocenters. The van der Waals surface area contributed by atoms with Crippen LogP contribution >= 0.6 is 0 Å². The molecule has 2 rings (SSSR count). The van der Waals surface area contributed by atoms with Gasteiger partial charge < -0.3 is 4.74 Å². The molecule has 4 nitrogen and oxygen atoms in total. The van der Waals surface area contributed by atoms with Crippen LogP contribution in [-0.4, -0.2) is 22.1 Å². The zero-order chi connectivity index (χ0) is 13.1. The maximum atomic E-state index is 5.07. The molecule has 2 aromatic heterocycles. The van der Waals surface area contributed by atoms with Crippen molar-refractivity contribution >= 4 is 0 Å². The van der Waals surface area contributed by atoms with Crippen molar-refractivity contribution in [3.63, 3.8) is 0 Å². The number of ether oxygens (including phenoxy) is 1. The van der Waals surface area contributed by atoms with E-state index in [1.54, 1.807) is 13.3 Å². The van der Waals surface area contributed by atoms with Gasteiger partial charge in [-0.05, 0) is 31.9 Å². The van der Waals surface area contributed by atoms with E-state index in [1.807, 2.05) is 26.0 Å². The van der Waals surface area contributed by atoms with E-state index in [0.717, 1.165) is 29.2 Å². The van der Waals surface area contributed by atoms with Gasteiger partial charge in [0.1, 0.15) is 5.82 Å². The van der Waals surface area contributed by atoms with E-state index in [-0.39, 0.29) is 0 Å². The van der Waals surface area contributed by atoms with Gasteiger partial charge in [0, 0.05) is 23.5 Å². The molecule has 0 aliphatic carbocycles. The van der Waals surface area contributed by atoms with Crippen LogP contribution in [0.4, 0.5) is 0 Å². The Morgan fingerprint density at radius 3 is 2.50 bits per heavy atom. The second-order valence-corrected chi connectivity index (χ2v) is 4.13. The zero-order valence-corrected chi connectivity index (χ0v) is 11.2. The predicted octanol–water partition coefficient (Wildman–Crippen LogP) is 2.73. The van der Waals surface area contributed by atoms with Gasteiger partial charge in [-0.3, -0.25) is 0 Å². The van der Waals surface area contributed by atoms with Crippen LogP contribution in [0.15, 0.2) is 18.3 Å². The lowest BCUT2D eigenvalue weighted by Gasteiger charge is -2.10. The normalized spacial score (nSPS) is 10.4. The summed E-state index contributed by atoms with van der Waals surface area (Å²) in [4.78, 5) is 13.2. The van der Waals surface area contributed by atoms with E-state index in [9.17, 15) is 0 Å². The fourth-order valence-corrected chi connectivity index (χ4v) is 2.04. The van der Waals surface area contributed by atoms with Gasteiger partial charge in [-0.2, -0.15) is 0 Å². The smallest absolute Gasteiger partial charge is 0.212 e. The van der Waals surface area contributed by atoms with Gasteiger partial charge in [-0.15, -0.1) is 0 Å². The van der Waals surface area contributed by atoms with Crippen molar-refractivity contribution in [1.29, 1.82) is 0 Å². The molecule has 0 saturated carbocycles. The summed E-state index contributed by atoms with van der Waals surface area (Å²) in [6.07, 6.45) is 2.70. The summed E-state index contributed by atoms with van der Waals surface area (Å²) in [5, 5.41) is 0. The Hall–Kier alpha value is -1.97. The van der Waals surface area contributed by atoms with E-state index < -0.39 is 0 Å². The van der Waals surface area contributed by atoms with E-state index in [0.29, 0.717) is 5.88 Å². The van der Waals surface area contributed by atoms with Gasteiger partial charge in [-0.25, -0.2) is 15.0 Å². The number of nitrogens with zero attached hydrogens (tertiary/aromatic N) is 3. The summed E-state index contributed by atoms with van der Waals surface area (Å²) < 4.78 is 5.07. The fraction of sp³-hybridized carbons (Fsp3) is 0.357. The van der Waals surface area contributed by atoms with E-state index in [2.05, 4.69) is 21.9 Å². The molecule has 94 valence electrons. The van der Waals surface area contributed by atoms with E-state index in [1.165, 1.54) is 5.56 Å². The molecule has 0 amide bonds. The Kier molecular flexibility index (Phi) is 3.55. The molecular formula is C14H17N3O. The minimum absolute atomic E-state index is 0.610. The van der Waals surface area contributed by atoms with Crippen molar-refractivity contribution in [1.82, 2.24) is 15.0 Å². The molecule has 0 saturated heterocycles. The molecule has 2 heterocycles. The third-order valence-electron chi connectivity index (χ3n) is 2.90. The van der Waals surface area contributed by atoms with Crippen LogP contribution in [0.25, 0.3) is 11.3 Å². The van der Waals surface area contributed by atoms with E-state index >= 15 is 0 Å². The number of rotatable bonds is 3. The Labute approximate surface area is 107 Å².